The van der Waals surface area contributed by atoms with E-state index in [4.69, 9.17) is 9.26 Å². The van der Waals surface area contributed by atoms with Gasteiger partial charge in [0.25, 0.3) is 0 Å². The van der Waals surface area contributed by atoms with Gasteiger partial charge in [-0.25, -0.2) is 0 Å². The van der Waals surface area contributed by atoms with E-state index in [1.807, 2.05) is 24.3 Å². The molecule has 2 aromatic carbocycles. The Morgan fingerprint density at radius 2 is 1.74 bits per heavy atom. The van der Waals surface area contributed by atoms with Gasteiger partial charge in [0.1, 0.15) is 5.75 Å². The van der Waals surface area contributed by atoms with Gasteiger partial charge in [-0.1, -0.05) is 17.3 Å². The zero-order valence-corrected chi connectivity index (χ0v) is 18.5. The number of methoxy groups -OCH3 is 1. The molecular formula is C24H23F3N4O3. The van der Waals surface area contributed by atoms with E-state index in [0.29, 0.717) is 50.0 Å². The van der Waals surface area contributed by atoms with Gasteiger partial charge in [-0.15, -0.1) is 0 Å². The summed E-state index contributed by atoms with van der Waals surface area (Å²) in [4.78, 5) is 20.7. The summed E-state index contributed by atoms with van der Waals surface area (Å²) in [5, 5.41) is 4.03. The molecule has 0 spiro atoms. The lowest BCUT2D eigenvalue weighted by Crippen LogP contribution is -2.47. The average molecular weight is 472 g/mol. The van der Waals surface area contributed by atoms with Crippen molar-refractivity contribution in [3.05, 3.63) is 71.6 Å². The first-order valence-electron chi connectivity index (χ1n) is 10.7. The van der Waals surface area contributed by atoms with E-state index in [9.17, 15) is 18.0 Å². The first kappa shape index (κ1) is 23.5. The van der Waals surface area contributed by atoms with Crippen molar-refractivity contribution in [2.75, 3.05) is 33.3 Å². The van der Waals surface area contributed by atoms with Crippen molar-refractivity contribution in [2.24, 2.45) is 0 Å². The Bertz CT molecular complexity index is 1130. The summed E-state index contributed by atoms with van der Waals surface area (Å²) in [6.07, 6.45) is -1.47. The molecular weight excluding hydrogens is 449 g/mol. The van der Waals surface area contributed by atoms with E-state index in [2.05, 4.69) is 15.0 Å². The molecule has 10 heteroatoms. The van der Waals surface area contributed by atoms with Gasteiger partial charge in [0.2, 0.25) is 17.6 Å². The molecule has 1 aliphatic rings. The maximum atomic E-state index is 12.7. The van der Waals surface area contributed by atoms with Crippen LogP contribution in [0.4, 0.5) is 13.2 Å². The van der Waals surface area contributed by atoms with Gasteiger partial charge in [-0.3, -0.25) is 9.69 Å². The predicted molar refractivity (Wildman–Crippen MR) is 119 cm³/mol. The van der Waals surface area contributed by atoms with Crippen molar-refractivity contribution < 1.29 is 27.2 Å². The molecule has 1 aromatic heterocycles. The molecule has 1 saturated heterocycles. The fraction of sp³-hybridized carbons (Fsp3) is 0.292. The number of rotatable bonds is 6. The first-order chi connectivity index (χ1) is 16.3. The highest BCUT2D eigenvalue weighted by atomic mass is 19.4. The smallest absolute Gasteiger partial charge is 0.416 e. The maximum Gasteiger partial charge on any atom is 0.416 e. The van der Waals surface area contributed by atoms with Gasteiger partial charge in [-0.05, 0) is 48.0 Å². The topological polar surface area (TPSA) is 71.7 Å². The molecule has 178 valence electrons. The number of hydrogen-bond donors (Lipinski definition) is 0. The summed E-state index contributed by atoms with van der Waals surface area (Å²) in [5.74, 6) is 1.56. The van der Waals surface area contributed by atoms with Crippen molar-refractivity contribution in [2.45, 2.75) is 12.7 Å². The van der Waals surface area contributed by atoms with Crippen molar-refractivity contribution in [3.8, 4) is 17.1 Å². The fourth-order valence-electron chi connectivity index (χ4n) is 3.55. The highest BCUT2D eigenvalue weighted by molar-refractivity contribution is 5.91. The van der Waals surface area contributed by atoms with Gasteiger partial charge in [-0.2, -0.15) is 18.2 Å². The van der Waals surface area contributed by atoms with E-state index in [1.54, 1.807) is 12.0 Å². The molecule has 0 bridgehead atoms. The van der Waals surface area contributed by atoms with Crippen molar-refractivity contribution >= 4 is 12.0 Å². The number of alkyl halides is 3. The molecule has 1 amide bonds. The van der Waals surface area contributed by atoms with E-state index in [-0.39, 0.29) is 5.91 Å². The third-order valence-electron chi connectivity index (χ3n) is 5.52. The van der Waals surface area contributed by atoms with Crippen molar-refractivity contribution in [3.63, 3.8) is 0 Å². The Balaban J connectivity index is 1.26. The predicted octanol–water partition coefficient (Wildman–Crippen LogP) is 4.12. The lowest BCUT2D eigenvalue weighted by molar-refractivity contribution is -0.137. The molecule has 0 aliphatic carbocycles. The summed E-state index contributed by atoms with van der Waals surface area (Å²) >= 11 is 0. The number of benzene rings is 2. The minimum Gasteiger partial charge on any atom is -0.497 e. The van der Waals surface area contributed by atoms with Crippen LogP contribution in [0.5, 0.6) is 5.75 Å². The number of carbonyl (C=O) groups is 1. The van der Waals surface area contributed by atoms with Crippen LogP contribution in [0.25, 0.3) is 17.5 Å². The van der Waals surface area contributed by atoms with Crippen molar-refractivity contribution in [1.82, 2.24) is 19.9 Å². The van der Waals surface area contributed by atoms with E-state index in [0.717, 1.165) is 23.4 Å². The Morgan fingerprint density at radius 1 is 1.06 bits per heavy atom. The van der Waals surface area contributed by atoms with Crippen LogP contribution in [0.3, 0.4) is 0 Å². The van der Waals surface area contributed by atoms with Gasteiger partial charge < -0.3 is 14.2 Å². The third kappa shape index (κ3) is 5.82. The molecule has 0 N–H and O–H groups in total. The normalized spacial score (nSPS) is 15.1. The highest BCUT2D eigenvalue weighted by Gasteiger charge is 2.29. The van der Waals surface area contributed by atoms with E-state index >= 15 is 0 Å². The van der Waals surface area contributed by atoms with Gasteiger partial charge in [0.15, 0.2) is 0 Å². The Hall–Kier alpha value is -3.66. The number of piperazine rings is 1. The van der Waals surface area contributed by atoms with Crippen LogP contribution in [0.15, 0.2) is 59.1 Å². The Morgan fingerprint density at radius 3 is 2.35 bits per heavy atom. The van der Waals surface area contributed by atoms with Crippen LogP contribution in [0.1, 0.15) is 17.0 Å². The lowest BCUT2D eigenvalue weighted by atomic mass is 10.1. The number of hydrogen-bond acceptors (Lipinski definition) is 6. The van der Waals surface area contributed by atoms with Gasteiger partial charge in [0, 0.05) is 37.8 Å². The first-order valence-corrected chi connectivity index (χ1v) is 10.7. The molecule has 0 unspecified atom stereocenters. The fourth-order valence-corrected chi connectivity index (χ4v) is 3.55. The van der Waals surface area contributed by atoms with Crippen molar-refractivity contribution in [1.29, 1.82) is 0 Å². The molecule has 2 heterocycles. The summed E-state index contributed by atoms with van der Waals surface area (Å²) < 4.78 is 48.5. The number of halogens is 3. The third-order valence-corrected chi connectivity index (χ3v) is 5.52. The minimum absolute atomic E-state index is 0.181. The Labute approximate surface area is 194 Å². The average Bonchev–Trinajstić information content (AvgIpc) is 3.31. The molecule has 3 aromatic rings. The molecule has 0 saturated carbocycles. The van der Waals surface area contributed by atoms with Gasteiger partial charge >= 0.3 is 6.18 Å². The van der Waals surface area contributed by atoms with Crippen LogP contribution in [0.2, 0.25) is 0 Å². The number of aromatic nitrogens is 2. The summed E-state index contributed by atoms with van der Waals surface area (Å²) in [5.41, 5.74) is 0.638. The van der Waals surface area contributed by atoms with E-state index in [1.165, 1.54) is 24.3 Å². The quantitative estimate of drug-likeness (QED) is 0.503. The number of nitrogens with zero attached hydrogens (tertiary/aromatic N) is 4. The lowest BCUT2D eigenvalue weighted by Gasteiger charge is -2.33. The summed E-state index contributed by atoms with van der Waals surface area (Å²) in [6.45, 7) is 2.80. The molecule has 0 radical (unpaired) electrons. The monoisotopic (exact) mass is 472 g/mol. The van der Waals surface area contributed by atoms with Crippen LogP contribution in [0, 0.1) is 0 Å². The molecule has 7 nitrogen and oxygen atoms in total. The number of ether oxygens (including phenoxy) is 1. The molecule has 0 atom stereocenters. The molecule has 1 aliphatic heterocycles. The molecule has 1 fully saturated rings. The summed E-state index contributed by atoms with van der Waals surface area (Å²) in [7, 11) is 1.60. The largest absolute Gasteiger partial charge is 0.497 e. The molecule has 4 rings (SSSR count). The zero-order chi connectivity index (χ0) is 24.1. The maximum absolute atomic E-state index is 12.7. The number of amides is 1. The van der Waals surface area contributed by atoms with Gasteiger partial charge in [0.05, 0.1) is 19.2 Å². The second-order valence-electron chi connectivity index (χ2n) is 7.79. The van der Waals surface area contributed by atoms with Crippen LogP contribution >= 0.6 is 0 Å². The zero-order valence-electron chi connectivity index (χ0n) is 18.5. The standard InChI is InChI=1S/C24H23F3N4O3/c1-33-20-9-5-18(6-10-20)23-28-21(34-29-23)16-30-12-14-31(15-13-30)22(32)11-4-17-2-7-19(8-3-17)24(25,26)27/h2-11H,12-16H2,1H3/b11-4+. The Kier molecular flexibility index (Phi) is 6.97. The SMILES string of the molecule is COc1ccc(-c2noc(CN3CCN(C(=O)/C=C/c4ccc(C(F)(F)F)cc4)CC3)n2)cc1. The van der Waals surface area contributed by atoms with Crippen LogP contribution in [-0.4, -0.2) is 59.1 Å². The second kappa shape index (κ2) is 10.1. The van der Waals surface area contributed by atoms with Crippen LogP contribution < -0.4 is 4.74 Å². The highest BCUT2D eigenvalue weighted by Crippen LogP contribution is 2.29. The molecule has 34 heavy (non-hydrogen) atoms. The minimum atomic E-state index is -4.38. The van der Waals surface area contributed by atoms with Crippen LogP contribution in [-0.2, 0) is 17.5 Å². The second-order valence-corrected chi connectivity index (χ2v) is 7.79. The number of carbonyl (C=O) groups excluding carboxylic acids is 1. The summed E-state index contributed by atoms with van der Waals surface area (Å²) in [6, 6.07) is 12.1. The van der Waals surface area contributed by atoms with E-state index < -0.39 is 11.7 Å².